The molecular formula is C18H10BrFSe. The number of benzene rings is 3. The van der Waals surface area contributed by atoms with E-state index in [1.165, 1.54) is 27.4 Å². The van der Waals surface area contributed by atoms with Crippen LogP contribution >= 0.6 is 15.9 Å². The van der Waals surface area contributed by atoms with Gasteiger partial charge in [0.1, 0.15) is 0 Å². The van der Waals surface area contributed by atoms with E-state index in [4.69, 9.17) is 0 Å². The Morgan fingerprint density at radius 1 is 0.905 bits per heavy atom. The van der Waals surface area contributed by atoms with E-state index in [0.29, 0.717) is 0 Å². The third kappa shape index (κ3) is 3.36. The molecule has 0 aliphatic rings. The maximum absolute atomic E-state index is 12.8. The number of rotatable bonds is 1. The van der Waals surface area contributed by atoms with Gasteiger partial charge >= 0.3 is 138 Å². The predicted octanol–water partition coefficient (Wildman–Crippen LogP) is 4.08. The number of hydrogen-bond acceptors (Lipinski definition) is 0. The van der Waals surface area contributed by atoms with Gasteiger partial charge in [-0.15, -0.1) is 0 Å². The second-order valence-electron chi connectivity index (χ2n) is 4.43. The van der Waals surface area contributed by atoms with Crippen LogP contribution in [-0.4, -0.2) is 15.0 Å². The molecule has 0 aliphatic carbocycles. The van der Waals surface area contributed by atoms with Crippen molar-refractivity contribution >= 4 is 46.1 Å². The molecule has 0 aliphatic heterocycles. The number of hydrogen-bond donors (Lipinski definition) is 0. The Bertz CT molecular complexity index is 839. The Balaban J connectivity index is 1.91. The summed E-state index contributed by atoms with van der Waals surface area (Å²) in [5.74, 6) is 2.87. The van der Waals surface area contributed by atoms with Crippen LogP contribution in [0.3, 0.4) is 0 Å². The summed E-state index contributed by atoms with van der Waals surface area (Å²) in [6, 6.07) is 18.8. The molecule has 0 radical (unpaired) electrons. The van der Waals surface area contributed by atoms with E-state index in [1.807, 2.05) is 6.07 Å². The van der Waals surface area contributed by atoms with Crippen molar-refractivity contribution in [2.45, 2.75) is 0 Å². The zero-order valence-corrected chi connectivity index (χ0v) is 14.2. The molecule has 0 saturated heterocycles. The van der Waals surface area contributed by atoms with Crippen molar-refractivity contribution in [1.29, 1.82) is 0 Å². The zero-order chi connectivity index (χ0) is 14.7. The van der Waals surface area contributed by atoms with Crippen LogP contribution in [0.1, 0.15) is 5.56 Å². The van der Waals surface area contributed by atoms with Crippen LogP contribution in [0.15, 0.2) is 65.1 Å². The van der Waals surface area contributed by atoms with Crippen molar-refractivity contribution in [1.82, 2.24) is 0 Å². The number of fused-ring (bicyclic) bond motifs is 1. The van der Waals surface area contributed by atoms with E-state index in [0.717, 1.165) is 10.0 Å². The van der Waals surface area contributed by atoms with Gasteiger partial charge in [-0.3, -0.25) is 0 Å². The molecule has 0 fully saturated rings. The molecule has 0 aromatic heterocycles. The second kappa shape index (κ2) is 6.45. The Hall–Kier alpha value is -1.59. The molecule has 0 spiro atoms. The monoisotopic (exact) mass is 404 g/mol. The summed E-state index contributed by atoms with van der Waals surface area (Å²) in [7, 11) is 0. The Morgan fingerprint density at radius 2 is 1.62 bits per heavy atom. The molecule has 0 amide bonds. The Labute approximate surface area is 137 Å². The van der Waals surface area contributed by atoms with Gasteiger partial charge in [-0.2, -0.15) is 0 Å². The summed E-state index contributed by atoms with van der Waals surface area (Å²) >= 11 is 3.67. The molecule has 0 unspecified atom stereocenters. The molecule has 102 valence electrons. The Morgan fingerprint density at radius 3 is 2.38 bits per heavy atom. The van der Waals surface area contributed by atoms with E-state index >= 15 is 0 Å². The van der Waals surface area contributed by atoms with Crippen molar-refractivity contribution in [3.05, 3.63) is 76.5 Å². The molecular weight excluding hydrogens is 394 g/mol. The summed E-state index contributed by atoms with van der Waals surface area (Å²) < 4.78 is 15.2. The van der Waals surface area contributed by atoms with Gasteiger partial charge in [0.05, 0.1) is 0 Å². The van der Waals surface area contributed by atoms with Gasteiger partial charge in [0, 0.05) is 0 Å². The summed E-state index contributed by atoms with van der Waals surface area (Å²) in [6.07, 6.45) is 0. The average Bonchev–Trinajstić information content (AvgIpc) is 2.50. The van der Waals surface area contributed by atoms with Crippen LogP contribution in [0.25, 0.3) is 10.8 Å². The van der Waals surface area contributed by atoms with Gasteiger partial charge in [-0.1, -0.05) is 0 Å². The predicted molar refractivity (Wildman–Crippen MR) is 90.3 cm³/mol. The van der Waals surface area contributed by atoms with Gasteiger partial charge in [0.15, 0.2) is 0 Å². The van der Waals surface area contributed by atoms with Crippen molar-refractivity contribution in [2.75, 3.05) is 0 Å². The first kappa shape index (κ1) is 14.4. The van der Waals surface area contributed by atoms with Gasteiger partial charge in [0.25, 0.3) is 0 Å². The average molecular weight is 404 g/mol. The van der Waals surface area contributed by atoms with E-state index in [9.17, 15) is 4.39 Å². The zero-order valence-electron chi connectivity index (χ0n) is 10.9. The molecule has 21 heavy (non-hydrogen) atoms. The first-order chi connectivity index (χ1) is 10.2. The van der Waals surface area contributed by atoms with Crippen LogP contribution in [0.5, 0.6) is 0 Å². The molecule has 3 aromatic carbocycles. The van der Waals surface area contributed by atoms with E-state index in [2.05, 4.69) is 57.0 Å². The molecule has 3 aromatic rings. The van der Waals surface area contributed by atoms with Gasteiger partial charge in [0.2, 0.25) is 0 Å². The molecule has 0 N–H and O–H groups in total. The maximum atomic E-state index is 12.8. The third-order valence-corrected chi connectivity index (χ3v) is 5.28. The molecule has 0 heterocycles. The SMILES string of the molecule is Fc1ccc(C#C[Se]c2cccc3cccc(Br)c23)cc1. The molecule has 0 atom stereocenters. The first-order valence-corrected chi connectivity index (χ1v) is 8.85. The number of halogens is 2. The van der Waals surface area contributed by atoms with Gasteiger partial charge < -0.3 is 0 Å². The standard InChI is InChI=1S/C18H10BrFSe/c19-16-5-1-3-14-4-2-6-17(18(14)16)21-12-11-13-7-9-15(20)10-8-13/h1-10H. The fourth-order valence-corrected chi connectivity index (χ4v) is 4.49. The van der Waals surface area contributed by atoms with Crippen molar-refractivity contribution < 1.29 is 4.39 Å². The Kier molecular flexibility index (Phi) is 4.41. The minimum atomic E-state index is -0.232. The van der Waals surface area contributed by atoms with E-state index in [-0.39, 0.29) is 20.8 Å². The third-order valence-electron chi connectivity index (χ3n) is 3.02. The van der Waals surface area contributed by atoms with Crippen molar-refractivity contribution in [2.24, 2.45) is 0 Å². The minimum absolute atomic E-state index is 0.0533. The summed E-state index contributed by atoms with van der Waals surface area (Å²) in [6.45, 7) is 0. The summed E-state index contributed by atoms with van der Waals surface area (Å²) in [4.78, 5) is 3.23. The van der Waals surface area contributed by atoms with Crippen LogP contribution < -0.4 is 4.46 Å². The fraction of sp³-hybridized carbons (Fsp3) is 0. The fourth-order valence-electron chi connectivity index (χ4n) is 2.02. The van der Waals surface area contributed by atoms with Crippen molar-refractivity contribution in [3.63, 3.8) is 0 Å². The molecule has 0 saturated carbocycles. The van der Waals surface area contributed by atoms with Gasteiger partial charge in [-0.05, 0) is 0 Å². The van der Waals surface area contributed by atoms with Crippen LogP contribution in [0, 0.1) is 16.6 Å². The first-order valence-electron chi connectivity index (χ1n) is 6.35. The summed E-state index contributed by atoms with van der Waals surface area (Å²) in [5.41, 5.74) is 0.845. The normalized spacial score (nSPS) is 10.2. The molecule has 3 rings (SSSR count). The van der Waals surface area contributed by atoms with Crippen LogP contribution in [0.4, 0.5) is 4.39 Å². The van der Waals surface area contributed by atoms with E-state index < -0.39 is 0 Å². The quantitative estimate of drug-likeness (QED) is 0.424. The summed E-state index contributed by atoms with van der Waals surface area (Å²) in [5, 5.41) is 2.45. The molecule has 0 bridgehead atoms. The van der Waals surface area contributed by atoms with Crippen LogP contribution in [-0.2, 0) is 0 Å². The molecule has 3 heteroatoms. The topological polar surface area (TPSA) is 0 Å². The van der Waals surface area contributed by atoms with E-state index in [1.54, 1.807) is 12.1 Å². The molecule has 0 nitrogen and oxygen atoms in total. The van der Waals surface area contributed by atoms with Gasteiger partial charge in [-0.25, -0.2) is 0 Å². The second-order valence-corrected chi connectivity index (χ2v) is 7.06. The van der Waals surface area contributed by atoms with Crippen LogP contribution in [0.2, 0.25) is 0 Å². The van der Waals surface area contributed by atoms with Crippen molar-refractivity contribution in [3.8, 4) is 10.7 Å².